The maximum Gasteiger partial charge on any atom is 0.322 e. The lowest BCUT2D eigenvalue weighted by Crippen LogP contribution is -2.49. The van der Waals surface area contributed by atoms with Crippen molar-refractivity contribution in [3.05, 3.63) is 0 Å². The van der Waals surface area contributed by atoms with Gasteiger partial charge in [-0.05, 0) is 6.42 Å². The fourth-order valence-electron chi connectivity index (χ4n) is 1.42. The maximum absolute atomic E-state index is 11.9. The molecular formula is C12H20N4O8S. The zero-order valence-corrected chi connectivity index (χ0v) is 13.9. The van der Waals surface area contributed by atoms with Gasteiger partial charge in [-0.1, -0.05) is 11.8 Å². The Hall–Kier alpha value is -2.38. The Morgan fingerprint density at radius 1 is 1.08 bits per heavy atom. The summed E-state index contributed by atoms with van der Waals surface area (Å²) in [7, 11) is 0. The van der Waals surface area contributed by atoms with E-state index < -0.39 is 54.4 Å². The molecule has 142 valence electrons. The van der Waals surface area contributed by atoms with Gasteiger partial charge in [-0.25, -0.2) is 0 Å². The molecule has 0 fully saturated rings. The molecule has 0 aromatic heterocycles. The molecule has 3 amide bonds. The van der Waals surface area contributed by atoms with Gasteiger partial charge < -0.3 is 37.0 Å². The van der Waals surface area contributed by atoms with Gasteiger partial charge in [0.2, 0.25) is 11.8 Å². The number of carboxylic acid groups (broad SMARTS) is 2. The average molecular weight is 380 g/mol. The Labute approximate surface area is 146 Å². The third-order valence-electron chi connectivity index (χ3n) is 2.67. The molecule has 0 aliphatic rings. The van der Waals surface area contributed by atoms with Gasteiger partial charge in [0.15, 0.2) is 0 Å². The minimum Gasteiger partial charge on any atom is -0.480 e. The number of nitrogens with one attached hydrogen (secondary N) is 3. The standard InChI is InChI=1S/C12H20N4O8S/c13-6(11(22)23)1-2-8(18)16-7(4-25-12(24)15-5-17)10(21)14-3-9(19)20/h6-7,17H,1-5,13H2,(H,14,21)(H,15,24)(H,16,18)(H,19,20)(H,22,23)/t6?,7-/m1/s1. The van der Waals surface area contributed by atoms with E-state index in [4.69, 9.17) is 21.1 Å². The number of hydrogen-bond donors (Lipinski definition) is 7. The molecule has 12 nitrogen and oxygen atoms in total. The zero-order valence-electron chi connectivity index (χ0n) is 13.1. The second-order valence-corrected chi connectivity index (χ2v) is 5.64. The molecule has 0 saturated heterocycles. The van der Waals surface area contributed by atoms with Crippen molar-refractivity contribution in [3.63, 3.8) is 0 Å². The summed E-state index contributed by atoms with van der Waals surface area (Å²) in [5, 5.41) is 31.5. The quantitative estimate of drug-likeness (QED) is 0.184. The van der Waals surface area contributed by atoms with E-state index in [2.05, 4.69) is 16.0 Å². The van der Waals surface area contributed by atoms with E-state index in [1.54, 1.807) is 0 Å². The minimum atomic E-state index is -1.29. The largest absolute Gasteiger partial charge is 0.480 e. The van der Waals surface area contributed by atoms with Gasteiger partial charge in [0.1, 0.15) is 25.4 Å². The molecule has 13 heteroatoms. The van der Waals surface area contributed by atoms with Crippen LogP contribution >= 0.6 is 11.8 Å². The van der Waals surface area contributed by atoms with Crippen molar-refractivity contribution in [2.24, 2.45) is 5.73 Å². The van der Waals surface area contributed by atoms with Crippen molar-refractivity contribution in [1.82, 2.24) is 16.0 Å². The average Bonchev–Trinajstić information content (AvgIpc) is 2.54. The summed E-state index contributed by atoms with van der Waals surface area (Å²) in [6, 6.07) is -2.47. The van der Waals surface area contributed by atoms with E-state index in [9.17, 15) is 24.0 Å². The molecule has 8 N–H and O–H groups in total. The van der Waals surface area contributed by atoms with Crippen molar-refractivity contribution in [1.29, 1.82) is 0 Å². The summed E-state index contributed by atoms with van der Waals surface area (Å²) in [6.07, 6.45) is -0.438. The highest BCUT2D eigenvalue weighted by molar-refractivity contribution is 8.13. The first-order valence-electron chi connectivity index (χ1n) is 6.96. The van der Waals surface area contributed by atoms with Crippen molar-refractivity contribution in [3.8, 4) is 0 Å². The predicted octanol–water partition coefficient (Wildman–Crippen LogP) is -2.74. The summed E-state index contributed by atoms with van der Waals surface area (Å²) in [5.74, 6) is -4.32. The molecule has 25 heavy (non-hydrogen) atoms. The Morgan fingerprint density at radius 2 is 1.72 bits per heavy atom. The molecule has 1 unspecified atom stereocenters. The number of nitrogens with two attached hydrogens (primary N) is 1. The molecule has 0 heterocycles. The molecule has 0 spiro atoms. The number of aliphatic hydroxyl groups is 1. The number of carbonyl (C=O) groups excluding carboxylic acids is 3. The Balaban J connectivity index is 4.66. The number of carbonyl (C=O) groups is 5. The van der Waals surface area contributed by atoms with Crippen LogP contribution in [0.4, 0.5) is 4.79 Å². The van der Waals surface area contributed by atoms with E-state index in [1.807, 2.05) is 0 Å². The number of aliphatic carboxylic acids is 2. The lowest BCUT2D eigenvalue weighted by atomic mass is 10.1. The monoisotopic (exact) mass is 380 g/mol. The van der Waals surface area contributed by atoms with Gasteiger partial charge in [-0.2, -0.15) is 0 Å². The van der Waals surface area contributed by atoms with E-state index in [0.717, 1.165) is 0 Å². The molecule has 0 aliphatic carbocycles. The normalized spacial score (nSPS) is 12.6. The number of hydrogen-bond acceptors (Lipinski definition) is 8. The topological polar surface area (TPSA) is 208 Å². The SMILES string of the molecule is NC(CCC(=O)N[C@H](CSC(=O)NCO)C(=O)NCC(=O)O)C(=O)O. The van der Waals surface area contributed by atoms with Gasteiger partial charge in [-0.15, -0.1) is 0 Å². The fourth-order valence-corrected chi connectivity index (χ4v) is 2.14. The second-order valence-electron chi connectivity index (χ2n) is 4.65. The highest BCUT2D eigenvalue weighted by atomic mass is 32.2. The van der Waals surface area contributed by atoms with Gasteiger partial charge in [0.25, 0.3) is 5.24 Å². The third kappa shape index (κ3) is 10.9. The van der Waals surface area contributed by atoms with Crippen LogP contribution in [0.15, 0.2) is 0 Å². The summed E-state index contributed by atoms with van der Waals surface area (Å²) in [6.45, 7) is -1.29. The third-order valence-corrected chi connectivity index (χ3v) is 3.58. The number of amides is 3. The molecule has 0 aromatic rings. The molecule has 0 bridgehead atoms. The smallest absolute Gasteiger partial charge is 0.322 e. The lowest BCUT2D eigenvalue weighted by molar-refractivity contribution is -0.139. The zero-order chi connectivity index (χ0) is 19.4. The summed E-state index contributed by atoms with van der Waals surface area (Å²) in [4.78, 5) is 56.0. The van der Waals surface area contributed by atoms with Crippen LogP contribution in [0.1, 0.15) is 12.8 Å². The van der Waals surface area contributed by atoms with E-state index in [1.165, 1.54) is 0 Å². The van der Waals surface area contributed by atoms with Crippen LogP contribution in [0.2, 0.25) is 0 Å². The highest BCUT2D eigenvalue weighted by Crippen LogP contribution is 2.05. The predicted molar refractivity (Wildman–Crippen MR) is 85.5 cm³/mol. The van der Waals surface area contributed by atoms with Gasteiger partial charge in [0, 0.05) is 12.2 Å². The van der Waals surface area contributed by atoms with E-state index >= 15 is 0 Å². The molecule has 0 aromatic carbocycles. The first-order chi connectivity index (χ1) is 11.7. The Kier molecular flexibility index (Phi) is 10.9. The number of thioether (sulfide) groups is 1. The lowest BCUT2D eigenvalue weighted by Gasteiger charge is -2.17. The van der Waals surface area contributed by atoms with Crippen molar-refractivity contribution >= 4 is 40.8 Å². The summed E-state index contributed by atoms with van der Waals surface area (Å²) >= 11 is 0.591. The maximum atomic E-state index is 11.9. The first kappa shape index (κ1) is 22.6. The molecular weight excluding hydrogens is 360 g/mol. The molecule has 0 radical (unpaired) electrons. The van der Waals surface area contributed by atoms with E-state index in [-0.39, 0.29) is 18.6 Å². The molecule has 2 atom stereocenters. The second kappa shape index (κ2) is 12.0. The summed E-state index contributed by atoms with van der Waals surface area (Å²) < 4.78 is 0. The van der Waals surface area contributed by atoms with Crippen LogP contribution in [0.25, 0.3) is 0 Å². The molecule has 0 aliphatic heterocycles. The fraction of sp³-hybridized carbons (Fsp3) is 0.583. The Bertz CT molecular complexity index is 515. The number of rotatable bonds is 11. The van der Waals surface area contributed by atoms with Crippen LogP contribution < -0.4 is 21.7 Å². The molecule has 0 rings (SSSR count). The summed E-state index contributed by atoms with van der Waals surface area (Å²) in [5.41, 5.74) is 5.26. The first-order valence-corrected chi connectivity index (χ1v) is 7.94. The highest BCUT2D eigenvalue weighted by Gasteiger charge is 2.23. The minimum absolute atomic E-state index is 0.164. The van der Waals surface area contributed by atoms with Gasteiger partial charge >= 0.3 is 11.9 Å². The Morgan fingerprint density at radius 3 is 2.24 bits per heavy atom. The van der Waals surface area contributed by atoms with Gasteiger partial charge in [-0.3, -0.25) is 24.0 Å². The van der Waals surface area contributed by atoms with Crippen LogP contribution in [0.3, 0.4) is 0 Å². The van der Waals surface area contributed by atoms with E-state index in [0.29, 0.717) is 11.8 Å². The van der Waals surface area contributed by atoms with Gasteiger partial charge in [0.05, 0.1) is 0 Å². The molecule has 0 saturated carbocycles. The number of carboxylic acids is 2. The van der Waals surface area contributed by atoms with Crippen LogP contribution in [-0.4, -0.2) is 75.4 Å². The van der Waals surface area contributed by atoms with Crippen LogP contribution in [0, 0.1) is 0 Å². The number of aliphatic hydroxyl groups excluding tert-OH is 1. The van der Waals surface area contributed by atoms with Crippen LogP contribution in [0.5, 0.6) is 0 Å². The van der Waals surface area contributed by atoms with Crippen molar-refractivity contribution < 1.29 is 39.3 Å². The van der Waals surface area contributed by atoms with Crippen molar-refractivity contribution in [2.45, 2.75) is 24.9 Å². The van der Waals surface area contributed by atoms with Crippen molar-refractivity contribution in [2.75, 3.05) is 19.0 Å². The van der Waals surface area contributed by atoms with Crippen LogP contribution in [-0.2, 0) is 19.2 Å².